The Morgan fingerprint density at radius 2 is 2.00 bits per heavy atom. The first-order valence-corrected chi connectivity index (χ1v) is 6.99. The van der Waals surface area contributed by atoms with Crippen molar-refractivity contribution in [3.05, 3.63) is 35.6 Å². The Hall–Kier alpha value is -1.22. The summed E-state index contributed by atoms with van der Waals surface area (Å²) in [6.45, 7) is 2.71. The minimum absolute atomic E-state index is 0.0152. The van der Waals surface area contributed by atoms with E-state index in [-0.39, 0.29) is 17.3 Å². The van der Waals surface area contributed by atoms with Crippen molar-refractivity contribution in [2.45, 2.75) is 38.6 Å². The Morgan fingerprint density at radius 3 is 2.58 bits per heavy atom. The number of nitrogens with zero attached hydrogens (tertiary/aromatic N) is 1. The average Bonchev–Trinajstić information content (AvgIpc) is 2.87. The fourth-order valence-electron chi connectivity index (χ4n) is 3.08. The largest absolute Gasteiger partial charge is 0.303 e. The van der Waals surface area contributed by atoms with E-state index in [1.165, 1.54) is 6.07 Å². The number of carbonyl (C=O) groups is 1. The maximum absolute atomic E-state index is 13.8. The first-order valence-electron chi connectivity index (χ1n) is 6.99. The molecule has 2 nitrogen and oxygen atoms in total. The van der Waals surface area contributed by atoms with Crippen LogP contribution >= 0.6 is 0 Å². The number of hydrogen-bond donors (Lipinski definition) is 0. The van der Waals surface area contributed by atoms with Crippen molar-refractivity contribution in [1.29, 1.82) is 0 Å². The lowest BCUT2D eigenvalue weighted by Gasteiger charge is -2.32. The van der Waals surface area contributed by atoms with Crippen molar-refractivity contribution >= 4 is 6.29 Å². The van der Waals surface area contributed by atoms with Gasteiger partial charge in [0.2, 0.25) is 0 Å². The lowest BCUT2D eigenvalue weighted by Crippen LogP contribution is -2.36. The van der Waals surface area contributed by atoms with Gasteiger partial charge < -0.3 is 4.79 Å². The maximum atomic E-state index is 13.8. The third-order valence-corrected chi connectivity index (χ3v) is 4.43. The van der Waals surface area contributed by atoms with E-state index in [4.69, 9.17) is 0 Å². The van der Waals surface area contributed by atoms with Crippen LogP contribution in [0.15, 0.2) is 24.3 Å². The van der Waals surface area contributed by atoms with Crippen LogP contribution in [0, 0.1) is 11.2 Å². The van der Waals surface area contributed by atoms with E-state index >= 15 is 0 Å². The molecule has 0 amide bonds. The monoisotopic (exact) mass is 263 g/mol. The summed E-state index contributed by atoms with van der Waals surface area (Å²) in [7, 11) is 1.97. The zero-order valence-corrected chi connectivity index (χ0v) is 11.7. The van der Waals surface area contributed by atoms with E-state index in [9.17, 15) is 9.18 Å². The Labute approximate surface area is 114 Å². The molecule has 1 aromatic rings. The lowest BCUT2D eigenvalue weighted by molar-refractivity contribution is -0.117. The summed E-state index contributed by atoms with van der Waals surface area (Å²) >= 11 is 0. The van der Waals surface area contributed by atoms with Gasteiger partial charge in [0.1, 0.15) is 12.1 Å². The average molecular weight is 263 g/mol. The lowest BCUT2D eigenvalue weighted by atomic mass is 9.87. The molecule has 0 bridgehead atoms. The molecule has 1 aliphatic rings. The van der Waals surface area contributed by atoms with Crippen LogP contribution in [-0.4, -0.2) is 24.8 Å². The molecule has 0 aromatic heterocycles. The van der Waals surface area contributed by atoms with Crippen molar-refractivity contribution in [3.8, 4) is 0 Å². The number of aldehydes is 1. The highest BCUT2D eigenvalue weighted by molar-refractivity contribution is 5.60. The van der Waals surface area contributed by atoms with Gasteiger partial charge in [0.05, 0.1) is 0 Å². The molecule has 3 heteroatoms. The van der Waals surface area contributed by atoms with Crippen molar-refractivity contribution in [3.63, 3.8) is 0 Å². The molecule has 1 aliphatic carbocycles. The first kappa shape index (κ1) is 14.2. The van der Waals surface area contributed by atoms with Gasteiger partial charge in [-0.3, -0.25) is 4.90 Å². The summed E-state index contributed by atoms with van der Waals surface area (Å²) in [6, 6.07) is 6.85. The standard InChI is InChI=1S/C16H22FNO/c1-13(14-7-3-4-8-15(14)17)18(2)11-16(12-19)9-5-6-10-16/h3-4,7-8,12-13H,5-6,9-11H2,1-2H3. The number of halogens is 1. The van der Waals surface area contributed by atoms with Crippen LogP contribution in [-0.2, 0) is 4.79 Å². The van der Waals surface area contributed by atoms with Gasteiger partial charge in [-0.15, -0.1) is 0 Å². The summed E-state index contributed by atoms with van der Waals surface area (Å²) in [6.07, 6.45) is 5.29. The highest BCUT2D eigenvalue weighted by Crippen LogP contribution is 2.38. The summed E-state index contributed by atoms with van der Waals surface area (Å²) < 4.78 is 13.8. The number of hydrogen-bond acceptors (Lipinski definition) is 2. The first-order chi connectivity index (χ1) is 9.08. The van der Waals surface area contributed by atoms with Crippen molar-refractivity contribution in [2.75, 3.05) is 13.6 Å². The molecular formula is C16H22FNO. The molecular weight excluding hydrogens is 241 g/mol. The van der Waals surface area contributed by atoms with Crippen molar-refractivity contribution in [1.82, 2.24) is 4.90 Å². The van der Waals surface area contributed by atoms with Crippen LogP contribution in [0.3, 0.4) is 0 Å². The van der Waals surface area contributed by atoms with Crippen LogP contribution in [0.5, 0.6) is 0 Å². The molecule has 0 aliphatic heterocycles. The van der Waals surface area contributed by atoms with Gasteiger partial charge >= 0.3 is 0 Å². The van der Waals surface area contributed by atoms with E-state index in [0.717, 1.165) is 32.0 Å². The smallest absolute Gasteiger partial charge is 0.127 e. The predicted octanol–water partition coefficient (Wildman–Crippen LogP) is 3.58. The molecule has 1 saturated carbocycles. The van der Waals surface area contributed by atoms with E-state index in [2.05, 4.69) is 4.90 Å². The number of rotatable bonds is 5. The Bertz CT molecular complexity index is 440. The second-order valence-corrected chi connectivity index (χ2v) is 5.80. The van der Waals surface area contributed by atoms with Crippen molar-refractivity contribution in [2.24, 2.45) is 5.41 Å². The second-order valence-electron chi connectivity index (χ2n) is 5.80. The van der Waals surface area contributed by atoms with Gasteiger partial charge in [-0.05, 0) is 32.9 Å². The van der Waals surface area contributed by atoms with E-state index < -0.39 is 0 Å². The molecule has 104 valence electrons. The Kier molecular flexibility index (Phi) is 4.35. The highest BCUT2D eigenvalue weighted by atomic mass is 19.1. The van der Waals surface area contributed by atoms with Crippen LogP contribution in [0.1, 0.15) is 44.2 Å². The van der Waals surface area contributed by atoms with Gasteiger partial charge in [0, 0.05) is 23.6 Å². The zero-order valence-electron chi connectivity index (χ0n) is 11.7. The summed E-state index contributed by atoms with van der Waals surface area (Å²) in [5.41, 5.74) is 0.484. The van der Waals surface area contributed by atoms with E-state index in [1.54, 1.807) is 6.07 Å². The molecule has 2 rings (SSSR count). The molecule has 1 atom stereocenters. The zero-order chi connectivity index (χ0) is 13.9. The van der Waals surface area contributed by atoms with Gasteiger partial charge in [-0.1, -0.05) is 31.0 Å². The highest BCUT2D eigenvalue weighted by Gasteiger charge is 2.35. The van der Waals surface area contributed by atoms with Gasteiger partial charge in [0.15, 0.2) is 0 Å². The maximum Gasteiger partial charge on any atom is 0.127 e. The normalized spacial score (nSPS) is 19.6. The SMILES string of the molecule is CC(c1ccccc1F)N(C)CC1(C=O)CCCC1. The van der Waals surface area contributed by atoms with Crippen LogP contribution in [0.25, 0.3) is 0 Å². The van der Waals surface area contributed by atoms with Gasteiger partial charge in [-0.2, -0.15) is 0 Å². The minimum atomic E-state index is -0.214. The van der Waals surface area contributed by atoms with Crippen LogP contribution in [0.4, 0.5) is 4.39 Å². The van der Waals surface area contributed by atoms with Gasteiger partial charge in [-0.25, -0.2) is 4.39 Å². The van der Waals surface area contributed by atoms with E-state index in [1.807, 2.05) is 26.1 Å². The molecule has 1 aromatic carbocycles. The van der Waals surface area contributed by atoms with Crippen LogP contribution < -0.4 is 0 Å². The quantitative estimate of drug-likeness (QED) is 0.757. The molecule has 0 radical (unpaired) electrons. The summed E-state index contributed by atoms with van der Waals surface area (Å²) in [4.78, 5) is 13.5. The van der Waals surface area contributed by atoms with Gasteiger partial charge in [0.25, 0.3) is 0 Å². The molecule has 1 fully saturated rings. The second kappa shape index (κ2) is 5.83. The Balaban J connectivity index is 2.09. The Morgan fingerprint density at radius 1 is 1.37 bits per heavy atom. The fraction of sp³-hybridized carbons (Fsp3) is 0.562. The molecule has 0 N–H and O–H groups in total. The molecule has 19 heavy (non-hydrogen) atoms. The fourth-order valence-corrected chi connectivity index (χ4v) is 3.08. The molecule has 0 heterocycles. The van der Waals surface area contributed by atoms with Crippen molar-refractivity contribution < 1.29 is 9.18 Å². The number of carbonyl (C=O) groups excluding carboxylic acids is 1. The topological polar surface area (TPSA) is 20.3 Å². The molecule has 1 unspecified atom stereocenters. The molecule has 0 saturated heterocycles. The van der Waals surface area contributed by atoms with E-state index in [0.29, 0.717) is 12.1 Å². The number of benzene rings is 1. The molecule has 0 spiro atoms. The predicted molar refractivity (Wildman–Crippen MR) is 74.4 cm³/mol. The third kappa shape index (κ3) is 3.03. The third-order valence-electron chi connectivity index (χ3n) is 4.43. The van der Waals surface area contributed by atoms with Crippen LogP contribution in [0.2, 0.25) is 0 Å². The summed E-state index contributed by atoms with van der Waals surface area (Å²) in [5, 5.41) is 0. The minimum Gasteiger partial charge on any atom is -0.303 e. The summed E-state index contributed by atoms with van der Waals surface area (Å²) in [5.74, 6) is -0.173.